The molecular weight excluding hydrogens is 353 g/mol. The van der Waals surface area contributed by atoms with Crippen molar-refractivity contribution in [1.29, 1.82) is 0 Å². The summed E-state index contributed by atoms with van der Waals surface area (Å²) < 4.78 is 37.2. The molecule has 2 N–H and O–H groups in total. The van der Waals surface area contributed by atoms with Crippen LogP contribution in [0.15, 0.2) is 57.2 Å². The molecule has 0 aliphatic rings. The Kier molecular flexibility index (Phi) is 4.10. The van der Waals surface area contributed by atoms with E-state index in [1.54, 1.807) is 18.2 Å². The van der Waals surface area contributed by atoms with E-state index in [1.807, 2.05) is 0 Å². The number of carbonyl (C=O) groups is 1. The average molecular weight is 365 g/mol. The number of carboxylic acids is 1. The Balaban J connectivity index is 2.20. The zero-order valence-electron chi connectivity index (χ0n) is 12.4. The number of H-pyrrole nitrogens is 1. The lowest BCUT2D eigenvalue weighted by Crippen LogP contribution is -1.98. The van der Waals surface area contributed by atoms with Crippen molar-refractivity contribution < 1.29 is 22.7 Å². The maximum atomic E-state index is 13.9. The van der Waals surface area contributed by atoms with Crippen LogP contribution in [-0.2, 0) is 9.84 Å². The second-order valence-corrected chi connectivity index (χ2v) is 8.21. The Hall–Kier alpha value is -2.32. The lowest BCUT2D eigenvalue weighted by Gasteiger charge is -2.04. The first-order valence-electron chi connectivity index (χ1n) is 6.79. The van der Waals surface area contributed by atoms with Crippen molar-refractivity contribution in [3.05, 3.63) is 54.0 Å². The van der Waals surface area contributed by atoms with Gasteiger partial charge in [-0.15, -0.1) is 0 Å². The molecule has 0 aliphatic heterocycles. The first-order chi connectivity index (χ1) is 11.3. The molecule has 0 unspecified atom stereocenters. The van der Waals surface area contributed by atoms with Gasteiger partial charge in [0.25, 0.3) is 0 Å². The van der Waals surface area contributed by atoms with Crippen LogP contribution >= 0.6 is 11.8 Å². The van der Waals surface area contributed by atoms with Crippen LogP contribution in [0, 0.1) is 5.82 Å². The van der Waals surface area contributed by atoms with E-state index in [2.05, 4.69) is 4.98 Å². The number of sulfone groups is 1. The number of fused-ring (bicyclic) bond motifs is 1. The minimum absolute atomic E-state index is 0.0793. The van der Waals surface area contributed by atoms with Crippen LogP contribution in [0.2, 0.25) is 0 Å². The minimum Gasteiger partial charge on any atom is -0.477 e. The Morgan fingerprint density at radius 3 is 2.54 bits per heavy atom. The lowest BCUT2D eigenvalue weighted by molar-refractivity contribution is 0.0687. The third kappa shape index (κ3) is 3.02. The topological polar surface area (TPSA) is 87.2 Å². The molecule has 0 fully saturated rings. The van der Waals surface area contributed by atoms with Crippen molar-refractivity contribution >= 4 is 38.5 Å². The maximum Gasteiger partial charge on any atom is 0.353 e. The molecule has 0 atom stereocenters. The van der Waals surface area contributed by atoms with E-state index in [1.165, 1.54) is 24.3 Å². The van der Waals surface area contributed by atoms with Gasteiger partial charge in [-0.1, -0.05) is 30.0 Å². The summed E-state index contributed by atoms with van der Waals surface area (Å²) in [6.45, 7) is 0. The van der Waals surface area contributed by atoms with Gasteiger partial charge in [0.15, 0.2) is 9.84 Å². The molecule has 0 amide bonds. The number of carboxylic acid groups (broad SMARTS) is 1. The van der Waals surface area contributed by atoms with Gasteiger partial charge in [0, 0.05) is 22.1 Å². The average Bonchev–Trinajstić information content (AvgIpc) is 2.87. The zero-order valence-corrected chi connectivity index (χ0v) is 14.0. The number of hydrogen-bond donors (Lipinski definition) is 2. The van der Waals surface area contributed by atoms with Crippen LogP contribution in [0.1, 0.15) is 10.5 Å². The summed E-state index contributed by atoms with van der Waals surface area (Å²) in [5.41, 5.74) is 0.262. The SMILES string of the molecule is CS(=O)(=O)c1ccc2c(Sc3ccccc3F)c(C(=O)O)[nH]c2c1. The number of aromatic amines is 1. The summed E-state index contributed by atoms with van der Waals surface area (Å²) in [5, 5.41) is 9.91. The summed E-state index contributed by atoms with van der Waals surface area (Å²) in [5.74, 6) is -1.66. The fourth-order valence-corrected chi connectivity index (χ4v) is 3.98. The van der Waals surface area contributed by atoms with Crippen molar-refractivity contribution in [2.45, 2.75) is 14.7 Å². The van der Waals surface area contributed by atoms with Gasteiger partial charge in [-0.3, -0.25) is 0 Å². The van der Waals surface area contributed by atoms with Crippen LogP contribution < -0.4 is 0 Å². The summed E-state index contributed by atoms with van der Waals surface area (Å²) in [6, 6.07) is 10.4. The molecule has 0 bridgehead atoms. The van der Waals surface area contributed by atoms with Crippen LogP contribution in [0.3, 0.4) is 0 Å². The van der Waals surface area contributed by atoms with E-state index >= 15 is 0 Å². The number of nitrogens with one attached hydrogen (secondary N) is 1. The molecule has 0 saturated heterocycles. The Labute approximate surface area is 141 Å². The summed E-state index contributed by atoms with van der Waals surface area (Å²) >= 11 is 0.982. The third-order valence-corrected chi connectivity index (χ3v) is 5.70. The van der Waals surface area contributed by atoms with Crippen molar-refractivity contribution in [2.75, 3.05) is 6.26 Å². The summed E-state index contributed by atoms with van der Waals surface area (Å²) in [6.07, 6.45) is 1.07. The fourth-order valence-electron chi connectivity index (χ4n) is 2.28. The second kappa shape index (κ2) is 5.95. The molecule has 24 heavy (non-hydrogen) atoms. The molecule has 0 spiro atoms. The molecule has 124 valence electrons. The van der Waals surface area contributed by atoms with E-state index in [0.29, 0.717) is 15.8 Å². The highest BCUT2D eigenvalue weighted by Crippen LogP contribution is 2.38. The molecule has 0 aliphatic carbocycles. The fraction of sp³-hybridized carbons (Fsp3) is 0.0625. The van der Waals surface area contributed by atoms with E-state index in [4.69, 9.17) is 0 Å². The van der Waals surface area contributed by atoms with Crippen LogP contribution in [-0.4, -0.2) is 30.7 Å². The molecule has 3 aromatic rings. The molecular formula is C16H12FNO4S2. The Bertz CT molecular complexity index is 1060. The first-order valence-corrected chi connectivity index (χ1v) is 9.49. The highest BCUT2D eigenvalue weighted by molar-refractivity contribution is 7.99. The lowest BCUT2D eigenvalue weighted by atomic mass is 10.2. The predicted molar refractivity (Wildman–Crippen MR) is 88.9 cm³/mol. The van der Waals surface area contributed by atoms with Gasteiger partial charge in [0.2, 0.25) is 0 Å². The highest BCUT2D eigenvalue weighted by atomic mass is 32.2. The highest BCUT2D eigenvalue weighted by Gasteiger charge is 2.20. The molecule has 2 aromatic carbocycles. The second-order valence-electron chi connectivity index (χ2n) is 5.15. The molecule has 0 radical (unpaired) electrons. The smallest absolute Gasteiger partial charge is 0.353 e. The molecule has 0 saturated carbocycles. The molecule has 8 heteroatoms. The largest absolute Gasteiger partial charge is 0.477 e. The van der Waals surface area contributed by atoms with Crippen molar-refractivity contribution in [3.63, 3.8) is 0 Å². The number of benzene rings is 2. The number of hydrogen-bond acceptors (Lipinski definition) is 4. The number of aromatic carboxylic acids is 1. The van der Waals surface area contributed by atoms with E-state index in [9.17, 15) is 22.7 Å². The van der Waals surface area contributed by atoms with E-state index in [-0.39, 0.29) is 15.5 Å². The van der Waals surface area contributed by atoms with Crippen LogP contribution in [0.4, 0.5) is 4.39 Å². The van der Waals surface area contributed by atoms with Crippen molar-refractivity contribution in [2.24, 2.45) is 0 Å². The minimum atomic E-state index is -3.42. The third-order valence-electron chi connectivity index (χ3n) is 3.41. The van der Waals surface area contributed by atoms with Gasteiger partial charge in [-0.25, -0.2) is 17.6 Å². The first kappa shape index (κ1) is 16.5. The Morgan fingerprint density at radius 1 is 1.21 bits per heavy atom. The van der Waals surface area contributed by atoms with Crippen molar-refractivity contribution in [1.82, 2.24) is 4.98 Å². The van der Waals surface area contributed by atoms with Gasteiger partial charge in [0.05, 0.1) is 9.79 Å². The quantitative estimate of drug-likeness (QED) is 0.738. The zero-order chi connectivity index (χ0) is 17.5. The van der Waals surface area contributed by atoms with Gasteiger partial charge < -0.3 is 10.1 Å². The summed E-state index contributed by atoms with van der Waals surface area (Å²) in [7, 11) is -3.42. The van der Waals surface area contributed by atoms with Crippen molar-refractivity contribution in [3.8, 4) is 0 Å². The van der Waals surface area contributed by atoms with Crippen LogP contribution in [0.25, 0.3) is 10.9 Å². The normalized spacial score (nSPS) is 11.8. The number of halogens is 1. The predicted octanol–water partition coefficient (Wildman–Crippen LogP) is 3.56. The van der Waals surface area contributed by atoms with E-state index in [0.717, 1.165) is 18.0 Å². The van der Waals surface area contributed by atoms with Gasteiger partial charge >= 0.3 is 5.97 Å². The molecule has 5 nitrogen and oxygen atoms in total. The molecule has 1 heterocycles. The summed E-state index contributed by atoms with van der Waals surface area (Å²) in [4.78, 5) is 14.9. The van der Waals surface area contributed by atoms with E-state index < -0.39 is 21.6 Å². The van der Waals surface area contributed by atoms with Gasteiger partial charge in [-0.05, 0) is 24.3 Å². The maximum absolute atomic E-state index is 13.9. The van der Waals surface area contributed by atoms with Crippen LogP contribution in [0.5, 0.6) is 0 Å². The number of aromatic nitrogens is 1. The number of rotatable bonds is 4. The van der Waals surface area contributed by atoms with Gasteiger partial charge in [0.1, 0.15) is 11.5 Å². The monoisotopic (exact) mass is 365 g/mol. The molecule has 3 rings (SSSR count). The Morgan fingerprint density at radius 2 is 1.92 bits per heavy atom. The van der Waals surface area contributed by atoms with Gasteiger partial charge in [-0.2, -0.15) is 0 Å². The molecule has 1 aromatic heterocycles. The standard InChI is InChI=1S/C16H12FNO4S2/c1-24(21,22)9-6-7-10-12(8-9)18-14(16(19)20)15(10)23-13-5-3-2-4-11(13)17/h2-8,18H,1H3,(H,19,20).